The summed E-state index contributed by atoms with van der Waals surface area (Å²) >= 11 is 0. The molecule has 1 atom stereocenters. The van der Waals surface area contributed by atoms with Crippen molar-refractivity contribution in [2.75, 3.05) is 23.5 Å². The van der Waals surface area contributed by atoms with Gasteiger partial charge in [0.1, 0.15) is 10.6 Å². The molecule has 2 aromatic carbocycles. The number of anilines is 2. The molecular weight excluding hydrogens is 390 g/mol. The second kappa shape index (κ2) is 7.14. The number of phenols is 1. The monoisotopic (exact) mass is 411 g/mol. The molecule has 0 fully saturated rings. The van der Waals surface area contributed by atoms with Gasteiger partial charge >= 0.3 is 0 Å². The van der Waals surface area contributed by atoms with E-state index in [2.05, 4.69) is 0 Å². The number of rotatable bonds is 4. The number of hydrogen-bond donors (Lipinski definition) is 2. The first-order valence-corrected chi connectivity index (χ1v) is 11.9. The smallest absolute Gasteiger partial charge is 0.265 e. The van der Waals surface area contributed by atoms with Crippen LogP contribution in [0, 0.1) is 5.92 Å². The summed E-state index contributed by atoms with van der Waals surface area (Å²) in [5.74, 6) is -1.07. The van der Waals surface area contributed by atoms with Gasteiger partial charge in [0.05, 0.1) is 5.75 Å². The quantitative estimate of drug-likeness (QED) is 0.743. The zero-order valence-electron chi connectivity index (χ0n) is 14.7. The van der Waals surface area contributed by atoms with Gasteiger partial charge in [-0.1, -0.05) is 18.2 Å². The first-order valence-electron chi connectivity index (χ1n) is 8.38. The van der Waals surface area contributed by atoms with Crippen LogP contribution in [0.5, 0.6) is 5.75 Å². The number of para-hydroxylation sites is 1. The predicted molar refractivity (Wildman–Crippen MR) is 103 cm³/mol. The van der Waals surface area contributed by atoms with E-state index in [1.165, 1.54) is 12.1 Å². The summed E-state index contributed by atoms with van der Waals surface area (Å²) in [7, 11) is -7.75. The lowest BCUT2D eigenvalue weighted by atomic mass is 10.0. The van der Waals surface area contributed by atoms with Crippen molar-refractivity contribution in [1.29, 1.82) is 0 Å². The van der Waals surface area contributed by atoms with Gasteiger partial charge in [-0.2, -0.15) is 8.42 Å². The third-order valence-corrected chi connectivity index (χ3v) is 6.65. The second-order valence-electron chi connectivity index (χ2n) is 6.82. The molecule has 9 heteroatoms. The minimum Gasteiger partial charge on any atom is -0.507 e. The van der Waals surface area contributed by atoms with E-state index in [9.17, 15) is 26.5 Å². The van der Waals surface area contributed by atoms with Crippen LogP contribution in [-0.4, -0.2) is 45.0 Å². The molecule has 0 saturated carbocycles. The summed E-state index contributed by atoms with van der Waals surface area (Å²) in [5, 5.41) is 10.3. The van der Waals surface area contributed by atoms with Crippen molar-refractivity contribution in [2.24, 2.45) is 5.92 Å². The highest BCUT2D eigenvalue weighted by Crippen LogP contribution is 2.39. The Bertz CT molecular complexity index is 1050. The maximum atomic E-state index is 11.9. The van der Waals surface area contributed by atoms with E-state index in [0.717, 1.165) is 11.9 Å². The van der Waals surface area contributed by atoms with Crippen molar-refractivity contribution in [3.63, 3.8) is 0 Å². The minimum atomic E-state index is -4.14. The lowest BCUT2D eigenvalue weighted by Crippen LogP contribution is -2.28. The van der Waals surface area contributed by atoms with Gasteiger partial charge in [0.15, 0.2) is 9.84 Å². The lowest BCUT2D eigenvalue weighted by Gasteiger charge is -2.28. The first kappa shape index (κ1) is 19.7. The van der Waals surface area contributed by atoms with Crippen molar-refractivity contribution in [3.8, 4) is 5.75 Å². The van der Waals surface area contributed by atoms with E-state index >= 15 is 0 Å². The molecule has 2 N–H and O–H groups in total. The molecule has 1 aliphatic heterocycles. The molecule has 1 unspecified atom stereocenters. The number of fused-ring (bicyclic) bond motifs is 1. The highest BCUT2D eigenvalue weighted by Gasteiger charge is 2.28. The number of aryl methyl sites for hydroxylation is 1. The molecule has 0 saturated heterocycles. The van der Waals surface area contributed by atoms with Crippen molar-refractivity contribution < 1.29 is 26.5 Å². The SMILES string of the molecule is CS(=O)(=O)c1cc2c(cc1O)N(c1ccccc1)CC(CS(=O)(=O)O)CC2. The molecule has 0 aromatic heterocycles. The van der Waals surface area contributed by atoms with Crippen molar-refractivity contribution in [1.82, 2.24) is 0 Å². The average Bonchev–Trinajstić information content (AvgIpc) is 2.72. The van der Waals surface area contributed by atoms with Crippen molar-refractivity contribution in [2.45, 2.75) is 17.7 Å². The van der Waals surface area contributed by atoms with Crippen LogP contribution >= 0.6 is 0 Å². The molecule has 1 heterocycles. The Kier molecular flexibility index (Phi) is 5.20. The standard InChI is InChI=1S/C18H21NO6S2/c1-26(21,22)18-9-14-8-7-13(12-27(23,24)25)11-19(16(14)10-17(18)20)15-5-3-2-4-6-15/h2-6,9-10,13,20H,7-8,11-12H2,1H3,(H,23,24,25). The van der Waals surface area contributed by atoms with Gasteiger partial charge in [0.25, 0.3) is 10.1 Å². The summed E-state index contributed by atoms with van der Waals surface area (Å²) < 4.78 is 55.9. The van der Waals surface area contributed by atoms with Crippen LogP contribution in [0.25, 0.3) is 0 Å². The van der Waals surface area contributed by atoms with E-state index in [1.807, 2.05) is 35.2 Å². The molecule has 3 rings (SSSR count). The molecule has 27 heavy (non-hydrogen) atoms. The fourth-order valence-corrected chi connectivity index (χ4v) is 5.10. The topological polar surface area (TPSA) is 112 Å². The molecule has 2 aromatic rings. The van der Waals surface area contributed by atoms with Crippen LogP contribution in [0.1, 0.15) is 12.0 Å². The number of phenolic OH excluding ortho intramolecular Hbond substituents is 1. The molecule has 0 aliphatic carbocycles. The fourth-order valence-electron chi connectivity index (χ4n) is 3.44. The van der Waals surface area contributed by atoms with Gasteiger partial charge in [-0.25, -0.2) is 8.42 Å². The van der Waals surface area contributed by atoms with Gasteiger partial charge in [-0.15, -0.1) is 0 Å². The van der Waals surface area contributed by atoms with Crippen LogP contribution < -0.4 is 4.90 Å². The Hall–Kier alpha value is -2.10. The van der Waals surface area contributed by atoms with E-state index < -0.39 is 20.0 Å². The van der Waals surface area contributed by atoms with Crippen molar-refractivity contribution >= 4 is 31.3 Å². The van der Waals surface area contributed by atoms with E-state index in [-0.39, 0.29) is 22.3 Å². The van der Waals surface area contributed by atoms with Gasteiger partial charge in [0, 0.05) is 30.2 Å². The Morgan fingerprint density at radius 2 is 1.78 bits per heavy atom. The maximum Gasteiger partial charge on any atom is 0.265 e. The Morgan fingerprint density at radius 1 is 1.11 bits per heavy atom. The summed E-state index contributed by atoms with van der Waals surface area (Å²) in [6.45, 7) is 0.314. The maximum absolute atomic E-state index is 11.9. The van der Waals surface area contributed by atoms with Gasteiger partial charge < -0.3 is 10.0 Å². The van der Waals surface area contributed by atoms with Crippen molar-refractivity contribution in [3.05, 3.63) is 48.0 Å². The molecule has 0 spiro atoms. The summed E-state index contributed by atoms with van der Waals surface area (Å²) in [6.07, 6.45) is 1.92. The minimum absolute atomic E-state index is 0.150. The number of sulfone groups is 1. The van der Waals surface area contributed by atoms with Crippen LogP contribution in [0.15, 0.2) is 47.4 Å². The lowest BCUT2D eigenvalue weighted by molar-refractivity contribution is 0.457. The Labute approximate surface area is 158 Å². The normalized spacial score (nSPS) is 18.0. The second-order valence-corrected chi connectivity index (χ2v) is 10.3. The first-order chi connectivity index (χ1) is 12.5. The summed E-state index contributed by atoms with van der Waals surface area (Å²) in [6, 6.07) is 12.1. The Morgan fingerprint density at radius 3 is 2.37 bits per heavy atom. The van der Waals surface area contributed by atoms with Gasteiger partial charge in [0.2, 0.25) is 0 Å². The number of benzene rings is 2. The van der Waals surface area contributed by atoms with E-state index in [4.69, 9.17) is 0 Å². The van der Waals surface area contributed by atoms with Gasteiger partial charge in [-0.3, -0.25) is 4.55 Å². The third kappa shape index (κ3) is 4.60. The summed E-state index contributed by atoms with van der Waals surface area (Å²) in [4.78, 5) is 1.70. The molecule has 146 valence electrons. The molecular formula is C18H21NO6S2. The zero-order chi connectivity index (χ0) is 19.8. The fraction of sp³-hybridized carbons (Fsp3) is 0.333. The molecule has 0 radical (unpaired) electrons. The highest BCUT2D eigenvalue weighted by atomic mass is 32.2. The number of aromatic hydroxyl groups is 1. The third-order valence-electron chi connectivity index (χ3n) is 4.63. The van der Waals surface area contributed by atoms with E-state index in [0.29, 0.717) is 30.6 Å². The van der Waals surface area contributed by atoms with Crippen LogP contribution in [0.2, 0.25) is 0 Å². The zero-order valence-corrected chi connectivity index (χ0v) is 16.4. The summed E-state index contributed by atoms with van der Waals surface area (Å²) in [5.41, 5.74) is 2.12. The molecule has 0 amide bonds. The number of nitrogens with zero attached hydrogens (tertiary/aromatic N) is 1. The average molecular weight is 412 g/mol. The van der Waals surface area contributed by atoms with Crippen LogP contribution in [0.4, 0.5) is 11.4 Å². The molecule has 0 bridgehead atoms. The Balaban J connectivity index is 2.13. The number of hydrogen-bond acceptors (Lipinski definition) is 6. The largest absolute Gasteiger partial charge is 0.507 e. The highest BCUT2D eigenvalue weighted by molar-refractivity contribution is 7.90. The van der Waals surface area contributed by atoms with Gasteiger partial charge in [-0.05, 0) is 42.5 Å². The van der Waals surface area contributed by atoms with Crippen LogP contribution in [0.3, 0.4) is 0 Å². The molecule has 7 nitrogen and oxygen atoms in total. The van der Waals surface area contributed by atoms with Crippen LogP contribution in [-0.2, 0) is 26.4 Å². The van der Waals surface area contributed by atoms with E-state index in [1.54, 1.807) is 0 Å². The molecule has 1 aliphatic rings. The predicted octanol–water partition coefficient (Wildman–Crippen LogP) is 2.38.